The van der Waals surface area contributed by atoms with Crippen LogP contribution in [0.2, 0.25) is 0 Å². The topological polar surface area (TPSA) is 20.2 Å². The third-order valence-electron chi connectivity index (χ3n) is 11.9. The van der Waals surface area contributed by atoms with Crippen LogP contribution >= 0.6 is 0 Å². The standard InChI is InChI=1S/C30H51F3O/c1-20(9-7-8-15-26(2,3)4)23-12-13-24-22-11-10-21-19-29(34,30(31,32)33)18-17-27(21,5)25(22)14-16-28(23,24)6/h20-25,34H,7-19H2,1-6H3/t20-,21+,22+,23-,24+,25+,27+,28-,29+/m1/s1. The van der Waals surface area contributed by atoms with Gasteiger partial charge in [-0.15, -0.1) is 0 Å². The van der Waals surface area contributed by atoms with E-state index >= 15 is 0 Å². The van der Waals surface area contributed by atoms with Crippen LogP contribution in [-0.4, -0.2) is 16.9 Å². The number of fused-ring (bicyclic) bond motifs is 5. The zero-order chi connectivity index (χ0) is 25.2. The van der Waals surface area contributed by atoms with E-state index in [0.29, 0.717) is 29.1 Å². The average Bonchev–Trinajstić information content (AvgIpc) is 3.07. The van der Waals surface area contributed by atoms with Crippen molar-refractivity contribution in [3.05, 3.63) is 0 Å². The van der Waals surface area contributed by atoms with Gasteiger partial charge in [0.15, 0.2) is 5.60 Å². The molecule has 0 saturated heterocycles. The Hall–Kier alpha value is -0.250. The third kappa shape index (κ3) is 4.60. The van der Waals surface area contributed by atoms with Gasteiger partial charge in [0.2, 0.25) is 0 Å². The highest BCUT2D eigenvalue weighted by atomic mass is 19.4. The molecule has 0 aromatic carbocycles. The molecule has 4 aliphatic carbocycles. The molecule has 0 bridgehead atoms. The van der Waals surface area contributed by atoms with Crippen molar-refractivity contribution in [3.63, 3.8) is 0 Å². The first-order valence-electron chi connectivity index (χ1n) is 14.4. The van der Waals surface area contributed by atoms with Crippen LogP contribution < -0.4 is 0 Å². The van der Waals surface area contributed by atoms with Gasteiger partial charge >= 0.3 is 6.18 Å². The van der Waals surface area contributed by atoms with E-state index in [-0.39, 0.29) is 24.2 Å². The molecule has 1 N–H and O–H groups in total. The van der Waals surface area contributed by atoms with Gasteiger partial charge in [-0.05, 0) is 116 Å². The van der Waals surface area contributed by atoms with Crippen LogP contribution in [0.25, 0.3) is 0 Å². The van der Waals surface area contributed by atoms with E-state index in [9.17, 15) is 18.3 Å². The van der Waals surface area contributed by atoms with E-state index in [4.69, 9.17) is 0 Å². The Morgan fingerprint density at radius 3 is 2.18 bits per heavy atom. The quantitative estimate of drug-likeness (QED) is 0.386. The smallest absolute Gasteiger partial charge is 0.380 e. The minimum absolute atomic E-state index is 0.0115. The fourth-order valence-electron chi connectivity index (χ4n) is 9.80. The molecule has 1 nitrogen and oxygen atoms in total. The number of rotatable bonds is 5. The number of halogens is 3. The molecule has 4 fully saturated rings. The van der Waals surface area contributed by atoms with Gasteiger partial charge in [0.05, 0.1) is 0 Å². The molecule has 0 radical (unpaired) electrons. The lowest BCUT2D eigenvalue weighted by Crippen LogP contribution is -2.59. The summed E-state index contributed by atoms with van der Waals surface area (Å²) in [5, 5.41) is 10.5. The van der Waals surface area contributed by atoms with Crippen molar-refractivity contribution in [1.29, 1.82) is 0 Å². The van der Waals surface area contributed by atoms with Crippen molar-refractivity contribution in [2.45, 2.75) is 137 Å². The first-order valence-corrected chi connectivity index (χ1v) is 14.4. The molecule has 4 heteroatoms. The fourth-order valence-corrected chi connectivity index (χ4v) is 9.80. The van der Waals surface area contributed by atoms with Crippen molar-refractivity contribution in [1.82, 2.24) is 0 Å². The maximum Gasteiger partial charge on any atom is 0.417 e. The molecule has 0 amide bonds. The Morgan fingerprint density at radius 1 is 0.853 bits per heavy atom. The summed E-state index contributed by atoms with van der Waals surface area (Å²) in [6, 6.07) is 0. The summed E-state index contributed by atoms with van der Waals surface area (Å²) in [6.45, 7) is 14.4. The maximum absolute atomic E-state index is 13.6. The Morgan fingerprint density at radius 2 is 1.53 bits per heavy atom. The summed E-state index contributed by atoms with van der Waals surface area (Å²) < 4.78 is 40.8. The third-order valence-corrected chi connectivity index (χ3v) is 11.9. The molecule has 0 spiro atoms. The van der Waals surface area contributed by atoms with E-state index in [0.717, 1.165) is 30.6 Å². The highest BCUT2D eigenvalue weighted by Crippen LogP contribution is 2.69. The Bertz CT molecular complexity index is 726. The predicted octanol–water partition coefficient (Wildman–Crippen LogP) is 9.18. The van der Waals surface area contributed by atoms with Gasteiger partial charge in [0.25, 0.3) is 0 Å². The molecule has 0 aromatic heterocycles. The number of hydrogen-bond donors (Lipinski definition) is 1. The highest BCUT2D eigenvalue weighted by molar-refractivity contribution is 5.11. The van der Waals surface area contributed by atoms with Crippen LogP contribution in [0.15, 0.2) is 0 Å². The maximum atomic E-state index is 13.6. The summed E-state index contributed by atoms with van der Waals surface area (Å²) in [6.07, 6.45) is 8.20. The summed E-state index contributed by atoms with van der Waals surface area (Å²) >= 11 is 0. The lowest BCUT2D eigenvalue weighted by atomic mass is 9.43. The summed E-state index contributed by atoms with van der Waals surface area (Å²) in [7, 11) is 0. The first-order chi connectivity index (χ1) is 15.6. The van der Waals surface area contributed by atoms with Crippen molar-refractivity contribution in [2.75, 3.05) is 0 Å². The van der Waals surface area contributed by atoms with Crippen molar-refractivity contribution >= 4 is 0 Å². The van der Waals surface area contributed by atoms with Gasteiger partial charge in [0, 0.05) is 0 Å². The summed E-state index contributed by atoms with van der Waals surface area (Å²) in [5.41, 5.74) is -1.66. The summed E-state index contributed by atoms with van der Waals surface area (Å²) in [5.74, 6) is 3.56. The van der Waals surface area contributed by atoms with E-state index in [1.807, 2.05) is 0 Å². The van der Waals surface area contributed by atoms with Crippen molar-refractivity contribution in [3.8, 4) is 0 Å². The number of hydrogen-bond acceptors (Lipinski definition) is 1. The number of alkyl halides is 3. The van der Waals surface area contributed by atoms with E-state index in [1.165, 1.54) is 51.4 Å². The Balaban J connectivity index is 1.42. The van der Waals surface area contributed by atoms with Crippen LogP contribution in [-0.2, 0) is 0 Å². The fraction of sp³-hybridized carbons (Fsp3) is 1.00. The molecule has 4 saturated carbocycles. The molecule has 4 aliphatic rings. The zero-order valence-corrected chi connectivity index (χ0v) is 22.7. The largest absolute Gasteiger partial charge is 0.417 e. The minimum atomic E-state index is -4.50. The molecule has 9 atom stereocenters. The highest BCUT2D eigenvalue weighted by Gasteiger charge is 2.65. The van der Waals surface area contributed by atoms with E-state index in [2.05, 4.69) is 41.5 Å². The van der Waals surface area contributed by atoms with Gasteiger partial charge in [-0.3, -0.25) is 0 Å². The van der Waals surface area contributed by atoms with Crippen LogP contribution in [0.1, 0.15) is 125 Å². The Kier molecular flexibility index (Phi) is 7.05. The lowest BCUT2D eigenvalue weighted by Gasteiger charge is -2.62. The van der Waals surface area contributed by atoms with Crippen LogP contribution in [0.4, 0.5) is 13.2 Å². The molecular weight excluding hydrogens is 433 g/mol. The second kappa shape index (κ2) is 8.95. The van der Waals surface area contributed by atoms with Gasteiger partial charge in [-0.25, -0.2) is 0 Å². The molecule has 0 aromatic rings. The van der Waals surface area contributed by atoms with Gasteiger partial charge in [-0.2, -0.15) is 13.2 Å². The molecule has 0 heterocycles. The monoisotopic (exact) mass is 484 g/mol. The van der Waals surface area contributed by atoms with Crippen molar-refractivity contribution < 1.29 is 18.3 Å². The van der Waals surface area contributed by atoms with Gasteiger partial charge < -0.3 is 5.11 Å². The van der Waals surface area contributed by atoms with Crippen LogP contribution in [0.3, 0.4) is 0 Å². The second-order valence-electron chi connectivity index (χ2n) is 14.9. The van der Waals surface area contributed by atoms with E-state index < -0.39 is 11.8 Å². The number of aliphatic hydroxyl groups is 1. The molecule has 198 valence electrons. The van der Waals surface area contributed by atoms with Gasteiger partial charge in [0.1, 0.15) is 0 Å². The molecule has 0 aliphatic heterocycles. The zero-order valence-electron chi connectivity index (χ0n) is 22.7. The van der Waals surface area contributed by atoms with Gasteiger partial charge in [-0.1, -0.05) is 60.8 Å². The minimum Gasteiger partial charge on any atom is -0.380 e. The second-order valence-corrected chi connectivity index (χ2v) is 14.9. The Labute approximate surface area is 207 Å². The average molecular weight is 485 g/mol. The van der Waals surface area contributed by atoms with Crippen LogP contribution in [0, 0.1) is 51.8 Å². The molecular formula is C30H51F3O. The lowest BCUT2D eigenvalue weighted by molar-refractivity contribution is -0.290. The molecule has 4 rings (SSSR count). The normalized spacial score (nSPS) is 45.9. The van der Waals surface area contributed by atoms with Crippen LogP contribution in [0.5, 0.6) is 0 Å². The SMILES string of the molecule is C[C@H](CCCCC(C)(C)C)[C@H]1CC[C@H]2[C@@H]3CC[C@H]4C[C@](O)(C(F)(F)F)CC[C@]4(C)[C@H]3CC[C@]12C. The van der Waals surface area contributed by atoms with E-state index in [1.54, 1.807) is 0 Å². The first kappa shape index (κ1) is 26.8. The number of unbranched alkanes of at least 4 members (excludes halogenated alkanes) is 1. The molecule has 0 unspecified atom stereocenters. The molecule has 34 heavy (non-hydrogen) atoms. The predicted molar refractivity (Wildman–Crippen MR) is 133 cm³/mol. The van der Waals surface area contributed by atoms with Crippen molar-refractivity contribution in [2.24, 2.45) is 51.8 Å². The summed E-state index contributed by atoms with van der Waals surface area (Å²) in [4.78, 5) is 0.